The van der Waals surface area contributed by atoms with E-state index in [4.69, 9.17) is 5.11 Å². The lowest BCUT2D eigenvalue weighted by molar-refractivity contribution is -0.384. The Morgan fingerprint density at radius 3 is 2.39 bits per heavy atom. The van der Waals surface area contributed by atoms with Crippen LogP contribution in [0.2, 0.25) is 0 Å². The Bertz CT molecular complexity index is 700. The van der Waals surface area contributed by atoms with Crippen LogP contribution in [0.25, 0.3) is 0 Å². The fourth-order valence-corrected chi connectivity index (χ4v) is 3.43. The van der Waals surface area contributed by atoms with Gasteiger partial charge in [0.2, 0.25) is 10.0 Å². The number of benzene rings is 1. The summed E-state index contributed by atoms with van der Waals surface area (Å²) in [5.41, 5.74) is -0.547. The van der Waals surface area contributed by atoms with Crippen LogP contribution in [0.5, 0.6) is 0 Å². The van der Waals surface area contributed by atoms with Crippen molar-refractivity contribution < 1.29 is 23.2 Å². The first-order chi connectivity index (χ1) is 10.6. The van der Waals surface area contributed by atoms with Crippen molar-refractivity contribution in [2.45, 2.75) is 31.7 Å². The van der Waals surface area contributed by atoms with Gasteiger partial charge in [0, 0.05) is 19.2 Å². The first-order valence-corrected chi connectivity index (χ1v) is 8.37. The fourth-order valence-electron chi connectivity index (χ4n) is 1.95. The summed E-state index contributed by atoms with van der Waals surface area (Å²) in [5.74, 6) is -1.18. The predicted molar refractivity (Wildman–Crippen MR) is 83.9 cm³/mol. The Morgan fingerprint density at radius 1 is 1.39 bits per heavy atom. The van der Waals surface area contributed by atoms with Gasteiger partial charge in [0.15, 0.2) is 0 Å². The van der Waals surface area contributed by atoms with E-state index in [1.54, 1.807) is 13.8 Å². The van der Waals surface area contributed by atoms with E-state index in [2.05, 4.69) is 5.32 Å². The molecule has 9 nitrogen and oxygen atoms in total. The lowest BCUT2D eigenvalue weighted by atomic mass is 10.2. The summed E-state index contributed by atoms with van der Waals surface area (Å²) in [6.07, 6.45) is 0. The molecule has 0 aromatic heterocycles. The Kier molecular flexibility index (Phi) is 6.05. The van der Waals surface area contributed by atoms with Crippen LogP contribution in [0.15, 0.2) is 23.1 Å². The van der Waals surface area contributed by atoms with E-state index >= 15 is 0 Å². The number of carbonyl (C=O) groups is 1. The summed E-state index contributed by atoms with van der Waals surface area (Å²) >= 11 is 0. The topological polar surface area (TPSA) is 130 Å². The largest absolute Gasteiger partial charge is 0.480 e. The zero-order chi connectivity index (χ0) is 17.8. The number of nitro benzene ring substituents is 1. The summed E-state index contributed by atoms with van der Waals surface area (Å²) in [7, 11) is -3.83. The second-order valence-electron chi connectivity index (χ2n) is 4.73. The van der Waals surface area contributed by atoms with Crippen molar-refractivity contribution in [1.82, 2.24) is 4.31 Å². The maximum atomic E-state index is 12.4. The molecule has 1 aromatic rings. The third kappa shape index (κ3) is 4.17. The number of aliphatic carboxylic acids is 1. The van der Waals surface area contributed by atoms with Crippen molar-refractivity contribution in [3.05, 3.63) is 28.3 Å². The minimum atomic E-state index is -3.83. The highest BCUT2D eigenvalue weighted by atomic mass is 32.2. The summed E-state index contributed by atoms with van der Waals surface area (Å²) < 4.78 is 26.0. The molecule has 0 aliphatic heterocycles. The summed E-state index contributed by atoms with van der Waals surface area (Å²) in [5, 5.41) is 22.5. The van der Waals surface area contributed by atoms with Crippen molar-refractivity contribution in [3.8, 4) is 0 Å². The van der Waals surface area contributed by atoms with E-state index in [1.165, 1.54) is 23.4 Å². The number of hydrogen-bond donors (Lipinski definition) is 2. The van der Waals surface area contributed by atoms with Crippen LogP contribution in [0.4, 0.5) is 11.4 Å². The Balaban J connectivity index is 3.34. The van der Waals surface area contributed by atoms with E-state index in [-0.39, 0.29) is 23.7 Å². The molecule has 0 saturated heterocycles. The van der Waals surface area contributed by atoms with Crippen molar-refractivity contribution in [1.29, 1.82) is 0 Å². The third-order valence-corrected chi connectivity index (χ3v) is 5.30. The van der Waals surface area contributed by atoms with E-state index in [9.17, 15) is 23.3 Å². The first kappa shape index (κ1) is 18.8. The van der Waals surface area contributed by atoms with E-state index in [0.717, 1.165) is 6.07 Å². The molecule has 10 heteroatoms. The van der Waals surface area contributed by atoms with Crippen LogP contribution in [-0.2, 0) is 14.8 Å². The van der Waals surface area contributed by atoms with Crippen LogP contribution in [0.1, 0.15) is 20.8 Å². The number of carboxylic acid groups (broad SMARTS) is 1. The molecule has 0 spiro atoms. The third-order valence-electron chi connectivity index (χ3n) is 3.25. The number of anilines is 1. The predicted octanol–water partition coefficient (Wildman–Crippen LogP) is 1.51. The number of nitro groups is 1. The molecule has 0 bridgehead atoms. The van der Waals surface area contributed by atoms with E-state index in [1.807, 2.05) is 0 Å². The molecule has 0 fully saturated rings. The van der Waals surface area contributed by atoms with Gasteiger partial charge in [-0.2, -0.15) is 4.31 Å². The van der Waals surface area contributed by atoms with Gasteiger partial charge in [-0.05, 0) is 19.1 Å². The molecule has 1 aromatic carbocycles. The molecule has 0 saturated carbocycles. The standard InChI is InChI=1S/C13H19N3O6S/c1-4-15(5-2)23(21,22)10-6-7-11(12(8-10)16(19)20)14-9(3)13(17)18/h6-9,14H,4-5H2,1-3H3,(H,17,18)/t9-/m1/s1. The lowest BCUT2D eigenvalue weighted by Gasteiger charge is -2.19. The molecule has 1 atom stereocenters. The highest BCUT2D eigenvalue weighted by Gasteiger charge is 2.26. The molecule has 23 heavy (non-hydrogen) atoms. The summed E-state index contributed by atoms with van der Waals surface area (Å²) in [4.78, 5) is 21.1. The Morgan fingerprint density at radius 2 is 1.96 bits per heavy atom. The number of rotatable bonds is 8. The van der Waals surface area contributed by atoms with E-state index in [0.29, 0.717) is 0 Å². The van der Waals surface area contributed by atoms with Gasteiger partial charge in [0.1, 0.15) is 11.7 Å². The highest BCUT2D eigenvalue weighted by Crippen LogP contribution is 2.29. The molecular weight excluding hydrogens is 326 g/mol. The van der Waals surface area contributed by atoms with Gasteiger partial charge in [0.05, 0.1) is 9.82 Å². The Hall–Kier alpha value is -2.20. The van der Waals surface area contributed by atoms with Gasteiger partial charge in [-0.1, -0.05) is 13.8 Å². The number of carboxylic acids is 1. The van der Waals surface area contributed by atoms with Crippen LogP contribution in [0, 0.1) is 10.1 Å². The minimum Gasteiger partial charge on any atom is -0.480 e. The second-order valence-corrected chi connectivity index (χ2v) is 6.67. The van der Waals surface area contributed by atoms with E-state index < -0.39 is 32.6 Å². The molecule has 0 amide bonds. The minimum absolute atomic E-state index is 0.0524. The van der Waals surface area contributed by atoms with Crippen molar-refractivity contribution in [2.75, 3.05) is 18.4 Å². The van der Waals surface area contributed by atoms with Gasteiger partial charge >= 0.3 is 5.97 Å². The summed E-state index contributed by atoms with van der Waals surface area (Å²) in [6.45, 7) is 5.14. The van der Waals surface area contributed by atoms with Gasteiger partial charge in [-0.25, -0.2) is 8.42 Å². The van der Waals surface area contributed by atoms with Gasteiger partial charge < -0.3 is 10.4 Å². The fraction of sp³-hybridized carbons (Fsp3) is 0.462. The van der Waals surface area contributed by atoms with Crippen molar-refractivity contribution in [3.63, 3.8) is 0 Å². The molecule has 0 heterocycles. The summed E-state index contributed by atoms with van der Waals surface area (Å²) in [6, 6.07) is 2.30. The Labute approximate surface area is 134 Å². The number of hydrogen-bond acceptors (Lipinski definition) is 6. The maximum Gasteiger partial charge on any atom is 0.325 e. The number of sulfonamides is 1. The smallest absolute Gasteiger partial charge is 0.325 e. The lowest BCUT2D eigenvalue weighted by Crippen LogP contribution is -2.30. The molecule has 0 aliphatic rings. The zero-order valence-corrected chi connectivity index (χ0v) is 13.8. The normalized spacial score (nSPS) is 12.9. The molecule has 128 valence electrons. The number of nitrogens with zero attached hydrogens (tertiary/aromatic N) is 2. The van der Waals surface area contributed by atoms with Gasteiger partial charge in [0.25, 0.3) is 5.69 Å². The monoisotopic (exact) mass is 345 g/mol. The molecule has 2 N–H and O–H groups in total. The highest BCUT2D eigenvalue weighted by molar-refractivity contribution is 7.89. The zero-order valence-electron chi connectivity index (χ0n) is 13.0. The van der Waals surface area contributed by atoms with Gasteiger partial charge in [-0.15, -0.1) is 0 Å². The van der Waals surface area contributed by atoms with Crippen LogP contribution >= 0.6 is 0 Å². The van der Waals surface area contributed by atoms with Crippen LogP contribution in [-0.4, -0.2) is 47.9 Å². The molecule has 1 rings (SSSR count). The van der Waals surface area contributed by atoms with Crippen molar-refractivity contribution >= 4 is 27.4 Å². The first-order valence-electron chi connectivity index (χ1n) is 6.93. The second kappa shape index (κ2) is 7.38. The molecule has 0 aliphatic carbocycles. The average molecular weight is 345 g/mol. The SMILES string of the molecule is CCN(CC)S(=O)(=O)c1ccc(N[C@H](C)C(=O)O)c([N+](=O)[O-])c1. The molecular formula is C13H19N3O6S. The van der Waals surface area contributed by atoms with Crippen LogP contribution in [0.3, 0.4) is 0 Å². The van der Waals surface area contributed by atoms with Gasteiger partial charge in [-0.3, -0.25) is 14.9 Å². The molecule has 0 radical (unpaired) electrons. The van der Waals surface area contributed by atoms with Crippen molar-refractivity contribution in [2.24, 2.45) is 0 Å². The average Bonchev–Trinajstić information content (AvgIpc) is 2.47. The number of nitrogens with one attached hydrogen (secondary N) is 1. The molecule has 0 unspecified atom stereocenters. The van der Waals surface area contributed by atoms with Crippen LogP contribution < -0.4 is 5.32 Å². The quantitative estimate of drug-likeness (QED) is 0.539. The maximum absolute atomic E-state index is 12.4.